The molecule has 0 saturated carbocycles. The number of benzene rings is 1. The second kappa shape index (κ2) is 6.54. The van der Waals surface area contributed by atoms with E-state index in [-0.39, 0.29) is 15.9 Å². The molecule has 0 aliphatic carbocycles. The van der Waals surface area contributed by atoms with Crippen molar-refractivity contribution in [2.75, 3.05) is 6.26 Å². The van der Waals surface area contributed by atoms with Crippen LogP contribution in [0.1, 0.15) is 0 Å². The molecule has 102 valence electrons. The molecule has 0 bridgehead atoms. The van der Waals surface area contributed by atoms with E-state index >= 15 is 0 Å². The highest BCUT2D eigenvalue weighted by Gasteiger charge is 2.32. The van der Waals surface area contributed by atoms with E-state index in [0.717, 1.165) is 17.8 Å². The van der Waals surface area contributed by atoms with Gasteiger partial charge in [0.25, 0.3) is 0 Å². The molecule has 1 aromatic carbocycles. The van der Waals surface area contributed by atoms with Crippen LogP contribution < -0.4 is 10.1 Å². The Hall–Kier alpha value is -1.59. The molecule has 9 heteroatoms. The molecule has 1 aromatic rings. The van der Waals surface area contributed by atoms with Crippen LogP contribution in [0.5, 0.6) is 5.75 Å². The van der Waals surface area contributed by atoms with E-state index < -0.39 is 12.1 Å². The summed E-state index contributed by atoms with van der Waals surface area (Å²) in [4.78, 5) is 3.85. The van der Waals surface area contributed by atoms with Crippen molar-refractivity contribution in [2.45, 2.75) is 6.36 Å². The molecule has 4 nitrogen and oxygen atoms in total. The third-order valence-electron chi connectivity index (χ3n) is 1.72. The summed E-state index contributed by atoms with van der Waals surface area (Å²) in [5, 5.41) is 11.0. The summed E-state index contributed by atoms with van der Waals surface area (Å²) >= 11 is 6.75. The van der Waals surface area contributed by atoms with Crippen molar-refractivity contribution in [3.05, 3.63) is 23.2 Å². The maximum absolute atomic E-state index is 12.2. The summed E-state index contributed by atoms with van der Waals surface area (Å²) in [6.45, 7) is 0. The van der Waals surface area contributed by atoms with E-state index in [2.05, 4.69) is 15.0 Å². The smallest absolute Gasteiger partial charge is 0.403 e. The van der Waals surface area contributed by atoms with Gasteiger partial charge in [-0.15, -0.1) is 13.2 Å². The molecule has 0 radical (unpaired) electrons. The normalized spacial score (nSPS) is 11.9. The van der Waals surface area contributed by atoms with Crippen molar-refractivity contribution >= 4 is 34.2 Å². The summed E-state index contributed by atoms with van der Waals surface area (Å²) in [5.41, 5.74) is -0.128. The van der Waals surface area contributed by atoms with E-state index in [1.807, 2.05) is 0 Å². The first-order valence-electron chi connectivity index (χ1n) is 4.69. The largest absolute Gasteiger partial charge is 0.573 e. The Morgan fingerprint density at radius 2 is 2.21 bits per heavy atom. The Balaban J connectivity index is 3.17. The number of thioether (sulfide) groups is 1. The highest BCUT2D eigenvalue weighted by molar-refractivity contribution is 8.13. The first-order chi connectivity index (χ1) is 8.85. The number of halogens is 4. The minimum atomic E-state index is -4.83. The van der Waals surface area contributed by atoms with Gasteiger partial charge in [0.1, 0.15) is 5.69 Å². The van der Waals surface area contributed by atoms with Crippen LogP contribution in [0.4, 0.5) is 18.9 Å². The maximum atomic E-state index is 12.2. The molecule has 19 heavy (non-hydrogen) atoms. The molecule has 0 aliphatic heterocycles. The minimum absolute atomic E-state index is 0.122. The Bertz CT molecular complexity index is 528. The predicted molar refractivity (Wildman–Crippen MR) is 67.5 cm³/mol. The van der Waals surface area contributed by atoms with Crippen LogP contribution in [0, 0.1) is 11.5 Å². The Morgan fingerprint density at radius 3 is 2.74 bits per heavy atom. The Kier molecular flexibility index (Phi) is 5.32. The Morgan fingerprint density at radius 1 is 1.53 bits per heavy atom. The van der Waals surface area contributed by atoms with Crippen LogP contribution in [0.25, 0.3) is 0 Å². The second-order valence-electron chi connectivity index (χ2n) is 3.02. The minimum Gasteiger partial charge on any atom is -0.403 e. The average Bonchev–Trinajstić information content (AvgIpc) is 2.30. The fourth-order valence-corrected chi connectivity index (χ4v) is 1.57. The van der Waals surface area contributed by atoms with Crippen molar-refractivity contribution in [3.8, 4) is 11.9 Å². The molecule has 0 saturated heterocycles. The molecule has 0 spiro atoms. The number of amidine groups is 1. The van der Waals surface area contributed by atoms with Crippen molar-refractivity contribution in [1.29, 1.82) is 5.26 Å². The standard InChI is InChI=1S/C10H7ClF3N3OS/c1-19-9(16-5-15)17-7-4-6(11)2-3-8(7)18-10(12,13)14/h2-4H,1H3,(H,16,17). The SMILES string of the molecule is CSC(=Nc1cc(Cl)ccc1OC(F)(F)F)NC#N. The first-order valence-corrected chi connectivity index (χ1v) is 6.29. The number of hydrogen-bond acceptors (Lipinski definition) is 4. The lowest BCUT2D eigenvalue weighted by Crippen LogP contribution is -2.17. The van der Waals surface area contributed by atoms with Crippen molar-refractivity contribution in [2.24, 2.45) is 4.99 Å². The summed E-state index contributed by atoms with van der Waals surface area (Å²) in [5.74, 6) is -0.497. The highest BCUT2D eigenvalue weighted by atomic mass is 35.5. The number of ether oxygens (including phenoxy) is 1. The molecule has 0 heterocycles. The number of nitrogens with one attached hydrogen (secondary N) is 1. The van der Waals surface area contributed by atoms with Crippen LogP contribution in [0.3, 0.4) is 0 Å². The van der Waals surface area contributed by atoms with Gasteiger partial charge in [-0.05, 0) is 24.5 Å². The number of nitriles is 1. The van der Waals surface area contributed by atoms with Gasteiger partial charge >= 0.3 is 6.36 Å². The maximum Gasteiger partial charge on any atom is 0.573 e. The van der Waals surface area contributed by atoms with E-state index in [9.17, 15) is 13.2 Å². The first kappa shape index (κ1) is 15.5. The van der Waals surface area contributed by atoms with E-state index in [1.165, 1.54) is 12.1 Å². The summed E-state index contributed by atoms with van der Waals surface area (Å²) < 4.78 is 40.5. The highest BCUT2D eigenvalue weighted by Crippen LogP contribution is 2.35. The molecule has 0 atom stereocenters. The number of rotatable bonds is 2. The van der Waals surface area contributed by atoms with Gasteiger partial charge < -0.3 is 4.74 Å². The molecular weight excluding hydrogens is 303 g/mol. The van der Waals surface area contributed by atoms with Gasteiger partial charge in [0.05, 0.1) is 0 Å². The van der Waals surface area contributed by atoms with Crippen molar-refractivity contribution in [3.63, 3.8) is 0 Å². The van der Waals surface area contributed by atoms with E-state index in [1.54, 1.807) is 12.4 Å². The number of alkyl halides is 3. The fourth-order valence-electron chi connectivity index (χ4n) is 1.07. The van der Waals surface area contributed by atoms with Gasteiger partial charge in [-0.3, -0.25) is 5.32 Å². The predicted octanol–water partition coefficient (Wildman–Crippen LogP) is 3.66. The number of nitrogens with zero attached hydrogens (tertiary/aromatic N) is 2. The van der Waals surface area contributed by atoms with E-state index in [4.69, 9.17) is 16.9 Å². The van der Waals surface area contributed by atoms with Crippen LogP contribution in [-0.2, 0) is 0 Å². The van der Waals surface area contributed by atoms with Crippen LogP contribution >= 0.6 is 23.4 Å². The monoisotopic (exact) mass is 309 g/mol. The lowest BCUT2D eigenvalue weighted by molar-refractivity contribution is -0.274. The Labute approximate surface area is 116 Å². The summed E-state index contributed by atoms with van der Waals surface area (Å²) in [7, 11) is 0. The fraction of sp³-hybridized carbons (Fsp3) is 0.200. The van der Waals surface area contributed by atoms with Gasteiger partial charge in [-0.25, -0.2) is 4.99 Å². The van der Waals surface area contributed by atoms with Gasteiger partial charge in [0.2, 0.25) is 0 Å². The van der Waals surface area contributed by atoms with Crippen molar-refractivity contribution in [1.82, 2.24) is 5.32 Å². The van der Waals surface area contributed by atoms with Gasteiger partial charge in [-0.1, -0.05) is 23.4 Å². The lowest BCUT2D eigenvalue weighted by Gasteiger charge is -2.11. The molecular formula is C10H7ClF3N3OS. The molecule has 0 amide bonds. The second-order valence-corrected chi connectivity index (χ2v) is 4.25. The summed E-state index contributed by atoms with van der Waals surface area (Å²) in [6, 6.07) is 3.51. The molecule has 1 rings (SSSR count). The van der Waals surface area contributed by atoms with Gasteiger partial charge in [0.15, 0.2) is 17.1 Å². The molecule has 0 aromatic heterocycles. The zero-order chi connectivity index (χ0) is 14.5. The average molecular weight is 310 g/mol. The topological polar surface area (TPSA) is 57.4 Å². The van der Waals surface area contributed by atoms with Gasteiger partial charge in [0, 0.05) is 5.02 Å². The third-order valence-corrected chi connectivity index (χ3v) is 2.54. The third kappa shape index (κ3) is 5.28. The molecule has 0 fully saturated rings. The summed E-state index contributed by atoms with van der Waals surface area (Å²) in [6.07, 6.45) is -1.60. The van der Waals surface area contributed by atoms with Crippen LogP contribution in [-0.4, -0.2) is 17.8 Å². The number of hydrogen-bond donors (Lipinski definition) is 1. The van der Waals surface area contributed by atoms with E-state index in [0.29, 0.717) is 0 Å². The molecule has 0 unspecified atom stereocenters. The van der Waals surface area contributed by atoms with Crippen LogP contribution in [0.15, 0.2) is 23.2 Å². The number of aliphatic imine (C=N–C) groups is 1. The van der Waals surface area contributed by atoms with Gasteiger partial charge in [-0.2, -0.15) is 5.26 Å². The molecule has 1 N–H and O–H groups in total. The zero-order valence-corrected chi connectivity index (χ0v) is 11.0. The van der Waals surface area contributed by atoms with Crippen molar-refractivity contribution < 1.29 is 17.9 Å². The van der Waals surface area contributed by atoms with Crippen LogP contribution in [0.2, 0.25) is 5.02 Å². The lowest BCUT2D eigenvalue weighted by atomic mass is 10.3. The molecule has 0 aliphatic rings. The zero-order valence-electron chi connectivity index (χ0n) is 9.45. The quantitative estimate of drug-likeness (QED) is 0.392.